The second kappa shape index (κ2) is 6.91. The molecule has 1 aromatic carbocycles. The second-order valence-corrected chi connectivity index (χ2v) is 4.88. The number of aromatic amines is 1. The summed E-state index contributed by atoms with van der Waals surface area (Å²) in [6.07, 6.45) is -0.862. The highest BCUT2D eigenvalue weighted by atomic mass is 16.5. The lowest BCUT2D eigenvalue weighted by Crippen LogP contribution is -2.32. The van der Waals surface area contributed by atoms with Crippen LogP contribution >= 0.6 is 0 Å². The Morgan fingerprint density at radius 1 is 1.27 bits per heavy atom. The maximum absolute atomic E-state index is 12.0. The molecule has 0 saturated heterocycles. The zero-order chi connectivity index (χ0) is 16.1. The average Bonchev–Trinajstić information content (AvgIpc) is 2.52. The number of hydrogen-bond acceptors (Lipinski definition) is 4. The van der Waals surface area contributed by atoms with Gasteiger partial charge in [-0.2, -0.15) is 0 Å². The van der Waals surface area contributed by atoms with Gasteiger partial charge in [-0.05, 0) is 36.8 Å². The second-order valence-electron chi connectivity index (χ2n) is 4.88. The van der Waals surface area contributed by atoms with E-state index in [1.807, 2.05) is 0 Å². The Morgan fingerprint density at radius 3 is 2.55 bits per heavy atom. The molecule has 116 valence electrons. The van der Waals surface area contributed by atoms with Crippen LogP contribution in [0.4, 0.5) is 0 Å². The Kier molecular flexibility index (Phi) is 4.95. The minimum atomic E-state index is -0.862. The third-order valence-electron chi connectivity index (χ3n) is 3.26. The van der Waals surface area contributed by atoms with Crippen LogP contribution in [0, 0.1) is 6.92 Å². The van der Waals surface area contributed by atoms with Gasteiger partial charge in [0, 0.05) is 12.2 Å². The molecule has 0 spiro atoms. The summed E-state index contributed by atoms with van der Waals surface area (Å²) in [4.78, 5) is 26.2. The molecule has 2 aromatic rings. The molecule has 0 aliphatic rings. The average molecular weight is 302 g/mol. The van der Waals surface area contributed by atoms with Crippen LogP contribution < -0.4 is 15.6 Å². The van der Waals surface area contributed by atoms with E-state index in [0.29, 0.717) is 17.0 Å². The van der Waals surface area contributed by atoms with Crippen LogP contribution in [0.3, 0.4) is 0 Å². The summed E-state index contributed by atoms with van der Waals surface area (Å²) in [7, 11) is 1.56. The zero-order valence-corrected chi connectivity index (χ0v) is 12.4. The van der Waals surface area contributed by atoms with Gasteiger partial charge in [0.25, 0.3) is 11.5 Å². The van der Waals surface area contributed by atoms with E-state index in [-0.39, 0.29) is 12.1 Å². The van der Waals surface area contributed by atoms with Crippen molar-refractivity contribution < 1.29 is 14.6 Å². The standard InChI is InChI=1S/C16H18N2O4/c1-10-3-8-13(16(21)18-10)15(20)17-9-14(19)11-4-6-12(22-2)7-5-11/h3-8,14,19H,9H2,1-2H3,(H,17,20)(H,18,21)/t14-/m0/s1. The van der Waals surface area contributed by atoms with Gasteiger partial charge in [-0.25, -0.2) is 0 Å². The van der Waals surface area contributed by atoms with Crippen LogP contribution in [-0.2, 0) is 0 Å². The highest BCUT2D eigenvalue weighted by Crippen LogP contribution is 2.16. The van der Waals surface area contributed by atoms with Gasteiger partial charge < -0.3 is 20.1 Å². The maximum Gasteiger partial charge on any atom is 0.260 e. The highest BCUT2D eigenvalue weighted by Gasteiger charge is 2.13. The Labute approximate surface area is 127 Å². The molecule has 6 nitrogen and oxygen atoms in total. The van der Waals surface area contributed by atoms with E-state index in [4.69, 9.17) is 4.74 Å². The lowest BCUT2D eigenvalue weighted by Gasteiger charge is -2.12. The minimum Gasteiger partial charge on any atom is -0.497 e. The molecule has 22 heavy (non-hydrogen) atoms. The van der Waals surface area contributed by atoms with E-state index < -0.39 is 17.6 Å². The number of rotatable bonds is 5. The van der Waals surface area contributed by atoms with Crippen molar-refractivity contribution in [2.45, 2.75) is 13.0 Å². The fourth-order valence-electron chi connectivity index (χ4n) is 1.98. The van der Waals surface area contributed by atoms with E-state index in [1.165, 1.54) is 6.07 Å². The molecule has 2 rings (SSSR count). The first-order valence-corrected chi connectivity index (χ1v) is 6.81. The Balaban J connectivity index is 1.99. The Bertz CT molecular complexity index is 707. The first kappa shape index (κ1) is 15.8. The Morgan fingerprint density at radius 2 is 1.95 bits per heavy atom. The van der Waals surface area contributed by atoms with Gasteiger partial charge in [0.15, 0.2) is 0 Å². The van der Waals surface area contributed by atoms with E-state index >= 15 is 0 Å². The maximum atomic E-state index is 12.0. The molecule has 1 amide bonds. The van der Waals surface area contributed by atoms with E-state index in [0.717, 1.165) is 0 Å². The summed E-state index contributed by atoms with van der Waals surface area (Å²) >= 11 is 0. The first-order chi connectivity index (χ1) is 10.5. The number of aryl methyl sites for hydroxylation is 1. The number of methoxy groups -OCH3 is 1. The van der Waals surface area contributed by atoms with Crippen molar-refractivity contribution in [1.82, 2.24) is 10.3 Å². The van der Waals surface area contributed by atoms with Gasteiger partial charge >= 0.3 is 0 Å². The van der Waals surface area contributed by atoms with Crippen LogP contribution in [0.1, 0.15) is 27.7 Å². The molecule has 0 saturated carbocycles. The topological polar surface area (TPSA) is 91.4 Å². The molecule has 0 aliphatic heterocycles. The van der Waals surface area contributed by atoms with Gasteiger partial charge in [-0.15, -0.1) is 0 Å². The number of hydrogen-bond donors (Lipinski definition) is 3. The lowest BCUT2D eigenvalue weighted by molar-refractivity contribution is 0.0914. The molecule has 3 N–H and O–H groups in total. The fourth-order valence-corrected chi connectivity index (χ4v) is 1.98. The third kappa shape index (κ3) is 3.73. The minimum absolute atomic E-state index is 0.0124. The fraction of sp³-hybridized carbons (Fsp3) is 0.250. The molecule has 0 radical (unpaired) electrons. The van der Waals surface area contributed by atoms with Crippen molar-refractivity contribution in [2.24, 2.45) is 0 Å². The molecular weight excluding hydrogens is 284 g/mol. The van der Waals surface area contributed by atoms with E-state index in [2.05, 4.69) is 10.3 Å². The molecule has 1 heterocycles. The van der Waals surface area contributed by atoms with Crippen LogP contribution in [0.25, 0.3) is 0 Å². The van der Waals surface area contributed by atoms with Gasteiger partial charge in [0.1, 0.15) is 11.3 Å². The number of amides is 1. The number of carbonyl (C=O) groups is 1. The Hall–Kier alpha value is -2.60. The number of aromatic nitrogens is 1. The number of aliphatic hydroxyl groups is 1. The summed E-state index contributed by atoms with van der Waals surface area (Å²) in [5, 5.41) is 12.6. The van der Waals surface area contributed by atoms with Gasteiger partial charge in [-0.1, -0.05) is 12.1 Å². The smallest absolute Gasteiger partial charge is 0.260 e. The number of ether oxygens (including phenoxy) is 1. The molecular formula is C16H18N2O4. The molecule has 6 heteroatoms. The summed E-state index contributed by atoms with van der Waals surface area (Å²) < 4.78 is 5.04. The van der Waals surface area contributed by atoms with Crippen LogP contribution in [0.5, 0.6) is 5.75 Å². The van der Waals surface area contributed by atoms with Gasteiger partial charge in [0.2, 0.25) is 0 Å². The highest BCUT2D eigenvalue weighted by molar-refractivity contribution is 5.93. The summed E-state index contributed by atoms with van der Waals surface area (Å²) in [6.45, 7) is 1.75. The zero-order valence-electron chi connectivity index (χ0n) is 12.4. The largest absolute Gasteiger partial charge is 0.497 e. The van der Waals surface area contributed by atoms with Crippen LogP contribution in [0.15, 0.2) is 41.2 Å². The molecule has 0 unspecified atom stereocenters. The molecule has 0 aliphatic carbocycles. The van der Waals surface area contributed by atoms with Crippen molar-refractivity contribution in [1.29, 1.82) is 0 Å². The van der Waals surface area contributed by atoms with Gasteiger partial charge in [-0.3, -0.25) is 9.59 Å². The van der Waals surface area contributed by atoms with E-state index in [1.54, 1.807) is 44.4 Å². The van der Waals surface area contributed by atoms with Crippen molar-refractivity contribution in [3.05, 3.63) is 63.6 Å². The van der Waals surface area contributed by atoms with Crippen molar-refractivity contribution in [3.63, 3.8) is 0 Å². The normalized spacial score (nSPS) is 11.8. The quantitative estimate of drug-likeness (QED) is 0.773. The van der Waals surface area contributed by atoms with Crippen molar-refractivity contribution >= 4 is 5.91 Å². The lowest BCUT2D eigenvalue weighted by atomic mass is 10.1. The molecule has 1 aromatic heterocycles. The predicted octanol–water partition coefficient (Wildman–Crippen LogP) is 1.16. The SMILES string of the molecule is COc1ccc([C@@H](O)CNC(=O)c2ccc(C)[nH]c2=O)cc1. The van der Waals surface area contributed by atoms with E-state index in [9.17, 15) is 14.7 Å². The number of pyridine rings is 1. The summed E-state index contributed by atoms with van der Waals surface area (Å²) in [6, 6.07) is 10.00. The van der Waals surface area contributed by atoms with Crippen LogP contribution in [0.2, 0.25) is 0 Å². The predicted molar refractivity (Wildman–Crippen MR) is 82.1 cm³/mol. The number of benzene rings is 1. The number of carbonyl (C=O) groups excluding carboxylic acids is 1. The summed E-state index contributed by atoms with van der Waals surface area (Å²) in [5.41, 5.74) is 0.905. The third-order valence-corrected chi connectivity index (χ3v) is 3.26. The number of aliphatic hydroxyl groups excluding tert-OH is 1. The number of nitrogens with one attached hydrogen (secondary N) is 2. The van der Waals surface area contributed by atoms with Crippen molar-refractivity contribution in [2.75, 3.05) is 13.7 Å². The molecule has 0 bridgehead atoms. The van der Waals surface area contributed by atoms with Crippen LogP contribution in [-0.4, -0.2) is 29.7 Å². The monoisotopic (exact) mass is 302 g/mol. The number of H-pyrrole nitrogens is 1. The summed E-state index contributed by atoms with van der Waals surface area (Å²) in [5.74, 6) is 0.167. The van der Waals surface area contributed by atoms with Gasteiger partial charge in [0.05, 0.1) is 13.2 Å². The molecule has 1 atom stereocenters. The first-order valence-electron chi connectivity index (χ1n) is 6.81. The van der Waals surface area contributed by atoms with Crippen molar-refractivity contribution in [3.8, 4) is 5.75 Å². The molecule has 0 fully saturated rings.